The highest BCUT2D eigenvalue weighted by Gasteiger charge is 2.38. The summed E-state index contributed by atoms with van der Waals surface area (Å²) in [6, 6.07) is 0. The number of fused-ring (bicyclic) bond motifs is 1. The van der Waals surface area contributed by atoms with Gasteiger partial charge in [0.05, 0.1) is 14.1 Å². The Morgan fingerprint density at radius 3 is 2.25 bits per heavy atom. The van der Waals surface area contributed by atoms with Crippen LogP contribution in [0.3, 0.4) is 0 Å². The average Bonchev–Trinajstić information content (AvgIpc) is 2.38. The SMILES string of the molecule is CC1=C2C(=O)SC(I)=C2C(=O)S1. The lowest BCUT2D eigenvalue weighted by molar-refractivity contribution is -0.109. The summed E-state index contributed by atoms with van der Waals surface area (Å²) in [5, 5.41) is 0.0375. The molecule has 0 aromatic heterocycles. The largest absolute Gasteiger partial charge is 0.281 e. The number of thioether (sulfide) groups is 2. The van der Waals surface area contributed by atoms with E-state index < -0.39 is 0 Å². The van der Waals surface area contributed by atoms with Crippen LogP contribution in [0.5, 0.6) is 0 Å². The molecule has 2 rings (SSSR count). The molecule has 0 aliphatic carbocycles. The number of carbonyl (C=O) groups excluding carboxylic acids is 2. The fourth-order valence-electron chi connectivity index (χ4n) is 1.13. The molecule has 0 unspecified atom stereocenters. The topological polar surface area (TPSA) is 34.1 Å². The van der Waals surface area contributed by atoms with Gasteiger partial charge in [0.1, 0.15) is 0 Å². The van der Waals surface area contributed by atoms with E-state index in [0.29, 0.717) is 11.1 Å². The third-order valence-electron chi connectivity index (χ3n) is 1.63. The van der Waals surface area contributed by atoms with Crippen molar-refractivity contribution in [2.45, 2.75) is 6.92 Å². The first-order valence-electron chi connectivity index (χ1n) is 3.16. The molecule has 0 atom stereocenters. The normalized spacial score (nSPS) is 22.8. The Balaban J connectivity index is 2.64. The highest BCUT2D eigenvalue weighted by atomic mass is 127. The molecule has 5 heteroatoms. The summed E-state index contributed by atoms with van der Waals surface area (Å²) in [7, 11) is 0. The first kappa shape index (κ1) is 8.83. The first-order valence-corrected chi connectivity index (χ1v) is 5.88. The van der Waals surface area contributed by atoms with Gasteiger partial charge in [-0.2, -0.15) is 0 Å². The van der Waals surface area contributed by atoms with E-state index in [4.69, 9.17) is 0 Å². The summed E-state index contributed by atoms with van der Waals surface area (Å²) in [5.41, 5.74) is 1.27. The van der Waals surface area contributed by atoms with Crippen molar-refractivity contribution < 1.29 is 9.59 Å². The van der Waals surface area contributed by atoms with Crippen molar-refractivity contribution >= 4 is 56.3 Å². The van der Waals surface area contributed by atoms with Gasteiger partial charge >= 0.3 is 0 Å². The van der Waals surface area contributed by atoms with Gasteiger partial charge in [0, 0.05) is 4.91 Å². The Kier molecular flexibility index (Phi) is 2.12. The molecule has 2 heterocycles. The van der Waals surface area contributed by atoms with Gasteiger partial charge in [-0.05, 0) is 41.3 Å². The summed E-state index contributed by atoms with van der Waals surface area (Å²) in [4.78, 5) is 23.5. The smallest absolute Gasteiger partial charge is 0.226 e. The van der Waals surface area contributed by atoms with Crippen molar-refractivity contribution in [1.82, 2.24) is 0 Å². The van der Waals surface area contributed by atoms with Crippen molar-refractivity contribution in [3.05, 3.63) is 19.0 Å². The van der Waals surface area contributed by atoms with Gasteiger partial charge in [-0.3, -0.25) is 9.59 Å². The number of carbonyl (C=O) groups is 2. The molecule has 62 valence electrons. The summed E-state index contributed by atoms with van der Waals surface area (Å²) >= 11 is 4.36. The first-order chi connectivity index (χ1) is 5.61. The van der Waals surface area contributed by atoms with Crippen molar-refractivity contribution in [2.24, 2.45) is 0 Å². The van der Waals surface area contributed by atoms with E-state index in [1.54, 1.807) is 0 Å². The number of rotatable bonds is 0. The molecule has 0 spiro atoms. The van der Waals surface area contributed by atoms with Gasteiger partial charge < -0.3 is 0 Å². The van der Waals surface area contributed by atoms with Gasteiger partial charge in [-0.15, -0.1) is 0 Å². The van der Waals surface area contributed by atoms with Crippen LogP contribution in [0.15, 0.2) is 19.0 Å². The molecule has 0 radical (unpaired) electrons. The molecular formula is C7H3IO2S2. The molecular weight excluding hydrogens is 307 g/mol. The maximum absolute atomic E-state index is 11.3. The lowest BCUT2D eigenvalue weighted by atomic mass is 10.1. The number of allylic oxidation sites excluding steroid dienone is 1. The third kappa shape index (κ3) is 1.10. The van der Waals surface area contributed by atoms with Gasteiger partial charge in [0.2, 0.25) is 10.2 Å². The molecule has 0 N–H and O–H groups in total. The zero-order valence-corrected chi connectivity index (χ0v) is 9.80. The van der Waals surface area contributed by atoms with Crippen molar-refractivity contribution in [1.29, 1.82) is 0 Å². The van der Waals surface area contributed by atoms with E-state index in [0.717, 1.165) is 31.3 Å². The molecule has 0 amide bonds. The van der Waals surface area contributed by atoms with Crippen LogP contribution < -0.4 is 0 Å². The second-order valence-electron chi connectivity index (χ2n) is 2.36. The van der Waals surface area contributed by atoms with Crippen LogP contribution in [0.2, 0.25) is 0 Å². The lowest BCUT2D eigenvalue weighted by Crippen LogP contribution is -1.94. The molecule has 0 saturated heterocycles. The zero-order chi connectivity index (χ0) is 8.88. The summed E-state index contributed by atoms with van der Waals surface area (Å²) in [6.45, 7) is 1.82. The van der Waals surface area contributed by atoms with E-state index in [-0.39, 0.29) is 10.2 Å². The number of hydrogen-bond donors (Lipinski definition) is 0. The third-order valence-corrected chi connectivity index (χ3v) is 4.51. The van der Waals surface area contributed by atoms with E-state index >= 15 is 0 Å². The molecule has 2 aliphatic rings. The fraction of sp³-hybridized carbons (Fsp3) is 0.143. The molecule has 0 aromatic rings. The van der Waals surface area contributed by atoms with E-state index in [1.807, 2.05) is 29.5 Å². The fourth-order valence-corrected chi connectivity index (χ4v) is 4.25. The van der Waals surface area contributed by atoms with Crippen molar-refractivity contribution in [2.75, 3.05) is 0 Å². The second kappa shape index (κ2) is 2.88. The molecule has 2 aliphatic heterocycles. The van der Waals surface area contributed by atoms with Crippen molar-refractivity contribution in [3.63, 3.8) is 0 Å². The van der Waals surface area contributed by atoms with Gasteiger partial charge in [-0.25, -0.2) is 0 Å². The minimum atomic E-state index is 0.0188. The maximum Gasteiger partial charge on any atom is 0.226 e. The zero-order valence-electron chi connectivity index (χ0n) is 6.01. The van der Waals surface area contributed by atoms with Crippen LogP contribution in [0.1, 0.15) is 6.92 Å². The molecule has 0 aromatic carbocycles. The maximum atomic E-state index is 11.3. The minimum absolute atomic E-state index is 0.0188. The summed E-state index contributed by atoms with van der Waals surface area (Å²) < 4.78 is 0.821. The molecule has 0 saturated carbocycles. The second-order valence-corrected chi connectivity index (χ2v) is 6.34. The van der Waals surface area contributed by atoms with Crippen LogP contribution in [0, 0.1) is 0 Å². The summed E-state index contributed by atoms with van der Waals surface area (Å²) in [5.74, 6) is 0. The summed E-state index contributed by atoms with van der Waals surface area (Å²) in [6.07, 6.45) is 0. The Morgan fingerprint density at radius 2 is 1.67 bits per heavy atom. The van der Waals surface area contributed by atoms with Crippen LogP contribution in [0.25, 0.3) is 0 Å². The molecule has 2 nitrogen and oxygen atoms in total. The van der Waals surface area contributed by atoms with E-state index in [1.165, 1.54) is 0 Å². The average molecular weight is 310 g/mol. The number of halogens is 1. The minimum Gasteiger partial charge on any atom is -0.281 e. The Bertz CT molecular complexity index is 332. The molecule has 0 fully saturated rings. The lowest BCUT2D eigenvalue weighted by Gasteiger charge is -1.89. The van der Waals surface area contributed by atoms with Crippen LogP contribution >= 0.6 is 46.1 Å². The van der Waals surface area contributed by atoms with E-state index in [2.05, 4.69) is 0 Å². The monoisotopic (exact) mass is 310 g/mol. The van der Waals surface area contributed by atoms with Gasteiger partial charge in [0.15, 0.2) is 0 Å². The number of hydrogen-bond acceptors (Lipinski definition) is 4. The predicted molar refractivity (Wildman–Crippen MR) is 58.9 cm³/mol. The van der Waals surface area contributed by atoms with Crippen molar-refractivity contribution in [3.8, 4) is 0 Å². The van der Waals surface area contributed by atoms with E-state index in [9.17, 15) is 9.59 Å². The Labute approximate surface area is 91.4 Å². The predicted octanol–water partition coefficient (Wildman–Crippen LogP) is 2.45. The van der Waals surface area contributed by atoms with Crippen LogP contribution in [-0.2, 0) is 9.59 Å². The molecule has 12 heavy (non-hydrogen) atoms. The highest BCUT2D eigenvalue weighted by molar-refractivity contribution is 14.1. The molecule has 0 bridgehead atoms. The standard InChI is InChI=1S/C7H3IO2S2/c1-2-3-4(7(10)11-2)5(8)12-6(3)9/h1H3. The Hall–Kier alpha value is 0.250. The Morgan fingerprint density at radius 1 is 1.08 bits per heavy atom. The van der Waals surface area contributed by atoms with Crippen LogP contribution in [-0.4, -0.2) is 10.2 Å². The highest BCUT2D eigenvalue weighted by Crippen LogP contribution is 2.50. The van der Waals surface area contributed by atoms with Gasteiger partial charge in [-0.1, -0.05) is 11.8 Å². The van der Waals surface area contributed by atoms with Crippen LogP contribution in [0.4, 0.5) is 0 Å². The van der Waals surface area contributed by atoms with Gasteiger partial charge in [0.25, 0.3) is 0 Å². The quantitative estimate of drug-likeness (QED) is 0.644.